The van der Waals surface area contributed by atoms with E-state index in [2.05, 4.69) is 5.32 Å². The van der Waals surface area contributed by atoms with E-state index in [1.165, 1.54) is 0 Å². The van der Waals surface area contributed by atoms with Gasteiger partial charge in [0.05, 0.1) is 12.7 Å². The van der Waals surface area contributed by atoms with Gasteiger partial charge in [-0.1, -0.05) is 0 Å². The zero-order chi connectivity index (χ0) is 9.26. The molecule has 2 fully saturated rings. The van der Waals surface area contributed by atoms with Crippen molar-refractivity contribution >= 4 is 5.91 Å². The third-order valence-electron chi connectivity index (χ3n) is 2.99. The van der Waals surface area contributed by atoms with Gasteiger partial charge >= 0.3 is 0 Å². The third kappa shape index (κ3) is 1.69. The number of hydrogen-bond acceptors (Lipinski definition) is 3. The van der Waals surface area contributed by atoms with Gasteiger partial charge in [-0.25, -0.2) is 0 Å². The summed E-state index contributed by atoms with van der Waals surface area (Å²) in [7, 11) is 1.88. The Bertz CT molecular complexity index is 202. The van der Waals surface area contributed by atoms with Gasteiger partial charge in [0.2, 0.25) is 5.91 Å². The number of likely N-dealkylation sites (N-methyl/N-ethyl adjacent to an activating group) is 1. The average Bonchev–Trinajstić information content (AvgIpc) is 2.49. The fourth-order valence-electron chi connectivity index (χ4n) is 2.12. The number of carbonyl (C=O) groups excluding carboxylic acids is 1. The van der Waals surface area contributed by atoms with Crippen molar-refractivity contribution in [1.82, 2.24) is 10.2 Å². The molecule has 2 aliphatic rings. The van der Waals surface area contributed by atoms with E-state index in [1.54, 1.807) is 0 Å². The number of carbonyl (C=O) groups is 1. The molecular weight excluding hydrogens is 168 g/mol. The molecular formula is C9H16N2O2. The molecule has 2 aliphatic heterocycles. The zero-order valence-electron chi connectivity index (χ0n) is 7.95. The Kier molecular flexibility index (Phi) is 2.51. The number of amides is 1. The first-order valence-corrected chi connectivity index (χ1v) is 4.86. The Balaban J connectivity index is 1.95. The van der Waals surface area contributed by atoms with Crippen molar-refractivity contribution in [2.75, 3.05) is 26.8 Å². The minimum absolute atomic E-state index is 0.205. The Morgan fingerprint density at radius 3 is 2.69 bits per heavy atom. The lowest BCUT2D eigenvalue weighted by Crippen LogP contribution is -2.43. The van der Waals surface area contributed by atoms with Gasteiger partial charge < -0.3 is 9.64 Å². The van der Waals surface area contributed by atoms with Crippen LogP contribution in [0.4, 0.5) is 0 Å². The first-order valence-electron chi connectivity index (χ1n) is 4.86. The SMILES string of the molecule is CN1C(=O)CNC1C1CCOCC1. The Hall–Kier alpha value is -0.610. The third-order valence-corrected chi connectivity index (χ3v) is 2.99. The molecule has 1 atom stereocenters. The summed E-state index contributed by atoms with van der Waals surface area (Å²) >= 11 is 0. The predicted molar refractivity (Wildman–Crippen MR) is 48.1 cm³/mol. The molecule has 4 heteroatoms. The van der Waals surface area contributed by atoms with Crippen LogP contribution in [0.5, 0.6) is 0 Å². The lowest BCUT2D eigenvalue weighted by atomic mass is 9.96. The molecule has 2 heterocycles. The minimum atomic E-state index is 0.205. The molecule has 0 radical (unpaired) electrons. The van der Waals surface area contributed by atoms with Gasteiger partial charge in [0.25, 0.3) is 0 Å². The van der Waals surface area contributed by atoms with E-state index in [4.69, 9.17) is 4.74 Å². The molecule has 13 heavy (non-hydrogen) atoms. The van der Waals surface area contributed by atoms with E-state index >= 15 is 0 Å². The number of nitrogens with one attached hydrogen (secondary N) is 1. The topological polar surface area (TPSA) is 41.6 Å². The fourth-order valence-corrected chi connectivity index (χ4v) is 2.12. The van der Waals surface area contributed by atoms with Crippen LogP contribution in [0, 0.1) is 5.92 Å². The molecule has 0 aromatic heterocycles. The molecule has 1 N–H and O–H groups in total. The van der Waals surface area contributed by atoms with Gasteiger partial charge in [0.1, 0.15) is 0 Å². The van der Waals surface area contributed by atoms with Crippen LogP contribution in [0.15, 0.2) is 0 Å². The number of hydrogen-bond donors (Lipinski definition) is 1. The van der Waals surface area contributed by atoms with Crippen LogP contribution in [-0.4, -0.2) is 43.8 Å². The van der Waals surface area contributed by atoms with Crippen LogP contribution in [0.1, 0.15) is 12.8 Å². The van der Waals surface area contributed by atoms with Gasteiger partial charge in [0.15, 0.2) is 0 Å². The molecule has 2 saturated heterocycles. The van der Waals surface area contributed by atoms with Gasteiger partial charge in [-0.3, -0.25) is 10.1 Å². The Morgan fingerprint density at radius 2 is 2.15 bits per heavy atom. The summed E-state index contributed by atoms with van der Waals surface area (Å²) in [5.41, 5.74) is 0. The molecule has 0 spiro atoms. The highest BCUT2D eigenvalue weighted by atomic mass is 16.5. The maximum Gasteiger partial charge on any atom is 0.237 e. The van der Waals surface area contributed by atoms with Crippen LogP contribution in [0.2, 0.25) is 0 Å². The lowest BCUT2D eigenvalue weighted by Gasteiger charge is -2.31. The molecule has 0 aliphatic carbocycles. The van der Waals surface area contributed by atoms with E-state index in [1.807, 2.05) is 11.9 Å². The summed E-state index contributed by atoms with van der Waals surface area (Å²) < 4.78 is 5.29. The van der Waals surface area contributed by atoms with Crippen molar-refractivity contribution in [3.8, 4) is 0 Å². The fraction of sp³-hybridized carbons (Fsp3) is 0.889. The van der Waals surface area contributed by atoms with E-state index < -0.39 is 0 Å². The van der Waals surface area contributed by atoms with Gasteiger partial charge in [-0.15, -0.1) is 0 Å². The van der Waals surface area contributed by atoms with Crippen molar-refractivity contribution in [1.29, 1.82) is 0 Å². The van der Waals surface area contributed by atoms with E-state index in [9.17, 15) is 4.79 Å². The maximum atomic E-state index is 11.3. The molecule has 1 amide bonds. The summed E-state index contributed by atoms with van der Waals surface area (Å²) in [5, 5.41) is 3.25. The molecule has 0 aromatic rings. The Labute approximate surface area is 78.2 Å². The smallest absolute Gasteiger partial charge is 0.237 e. The van der Waals surface area contributed by atoms with E-state index in [-0.39, 0.29) is 12.1 Å². The molecule has 0 bridgehead atoms. The van der Waals surface area contributed by atoms with Crippen molar-refractivity contribution in [3.05, 3.63) is 0 Å². The number of rotatable bonds is 1. The van der Waals surface area contributed by atoms with Crippen LogP contribution in [0.25, 0.3) is 0 Å². The van der Waals surface area contributed by atoms with Crippen LogP contribution in [0.3, 0.4) is 0 Å². The second kappa shape index (κ2) is 3.64. The summed E-state index contributed by atoms with van der Waals surface area (Å²) in [6, 6.07) is 0. The molecule has 0 aromatic carbocycles. The van der Waals surface area contributed by atoms with Crippen molar-refractivity contribution in [2.45, 2.75) is 19.0 Å². The standard InChI is InChI=1S/C9H16N2O2/c1-11-8(12)6-10-9(11)7-2-4-13-5-3-7/h7,9-10H,2-6H2,1H3. The van der Waals surface area contributed by atoms with Gasteiger partial charge in [-0.2, -0.15) is 0 Å². The van der Waals surface area contributed by atoms with Crippen LogP contribution in [-0.2, 0) is 9.53 Å². The van der Waals surface area contributed by atoms with Gasteiger partial charge in [0, 0.05) is 20.3 Å². The molecule has 2 rings (SSSR count). The summed E-state index contributed by atoms with van der Waals surface area (Å²) in [5.74, 6) is 0.779. The van der Waals surface area contributed by atoms with Crippen molar-refractivity contribution < 1.29 is 9.53 Å². The average molecular weight is 184 g/mol. The summed E-state index contributed by atoms with van der Waals surface area (Å²) in [6.45, 7) is 2.17. The minimum Gasteiger partial charge on any atom is -0.381 e. The number of ether oxygens (including phenoxy) is 1. The van der Waals surface area contributed by atoms with Crippen molar-refractivity contribution in [2.24, 2.45) is 5.92 Å². The second-order valence-corrected chi connectivity index (χ2v) is 3.78. The van der Waals surface area contributed by atoms with Crippen LogP contribution < -0.4 is 5.32 Å². The zero-order valence-corrected chi connectivity index (χ0v) is 7.95. The first kappa shape index (κ1) is 8.97. The summed E-state index contributed by atoms with van der Waals surface area (Å²) in [4.78, 5) is 13.1. The van der Waals surface area contributed by atoms with Gasteiger partial charge in [-0.05, 0) is 18.8 Å². The highest BCUT2D eigenvalue weighted by molar-refractivity contribution is 5.80. The predicted octanol–water partition coefficient (Wildman–Crippen LogP) is -0.199. The molecule has 0 saturated carbocycles. The molecule has 1 unspecified atom stereocenters. The normalized spacial score (nSPS) is 31.3. The monoisotopic (exact) mass is 184 g/mol. The quantitative estimate of drug-likeness (QED) is 0.613. The summed E-state index contributed by atoms with van der Waals surface area (Å²) in [6.07, 6.45) is 2.38. The van der Waals surface area contributed by atoms with Crippen LogP contribution >= 0.6 is 0 Å². The molecule has 4 nitrogen and oxygen atoms in total. The lowest BCUT2D eigenvalue weighted by molar-refractivity contribution is -0.127. The highest BCUT2D eigenvalue weighted by Gasteiger charge is 2.34. The molecule has 74 valence electrons. The second-order valence-electron chi connectivity index (χ2n) is 3.78. The largest absolute Gasteiger partial charge is 0.381 e. The highest BCUT2D eigenvalue weighted by Crippen LogP contribution is 2.22. The maximum absolute atomic E-state index is 11.3. The van der Waals surface area contributed by atoms with E-state index in [0.29, 0.717) is 12.5 Å². The van der Waals surface area contributed by atoms with Crippen molar-refractivity contribution in [3.63, 3.8) is 0 Å². The van der Waals surface area contributed by atoms with E-state index in [0.717, 1.165) is 26.1 Å². The first-order chi connectivity index (χ1) is 6.29. The number of nitrogens with zero attached hydrogens (tertiary/aromatic N) is 1. The Morgan fingerprint density at radius 1 is 1.46 bits per heavy atom.